The van der Waals surface area contributed by atoms with Gasteiger partial charge in [-0.1, -0.05) is 23.7 Å². The van der Waals surface area contributed by atoms with Crippen molar-refractivity contribution in [2.24, 2.45) is 5.10 Å². The lowest BCUT2D eigenvalue weighted by atomic mass is 10.2. The smallest absolute Gasteiger partial charge is 0.271 e. The average molecular weight is 518 g/mol. The van der Waals surface area contributed by atoms with E-state index in [1.54, 1.807) is 24.4 Å². The van der Waals surface area contributed by atoms with Gasteiger partial charge in [-0.25, -0.2) is 5.43 Å². The van der Waals surface area contributed by atoms with Crippen LogP contribution in [0.2, 0.25) is 5.02 Å². The summed E-state index contributed by atoms with van der Waals surface area (Å²) in [6, 6.07) is 18.0. The molecule has 166 valence electrons. The van der Waals surface area contributed by atoms with Crippen LogP contribution in [0.25, 0.3) is 0 Å². The summed E-state index contributed by atoms with van der Waals surface area (Å²) < 4.78 is 17.3. The van der Waals surface area contributed by atoms with Crippen LogP contribution in [0, 0.1) is 0 Å². The summed E-state index contributed by atoms with van der Waals surface area (Å²) >= 11 is 9.50. The van der Waals surface area contributed by atoms with Crippen LogP contribution in [-0.2, 0) is 6.61 Å². The van der Waals surface area contributed by atoms with E-state index in [0.717, 1.165) is 15.6 Å². The van der Waals surface area contributed by atoms with E-state index in [2.05, 4.69) is 26.5 Å². The fourth-order valence-corrected chi connectivity index (χ4v) is 3.54. The molecule has 0 unspecified atom stereocenters. The minimum absolute atomic E-state index is 0.358. The zero-order chi connectivity index (χ0) is 22.9. The molecule has 3 rings (SSSR count). The summed E-state index contributed by atoms with van der Waals surface area (Å²) in [5.41, 5.74) is 4.69. The Balaban J connectivity index is 1.59. The molecule has 0 aliphatic rings. The highest BCUT2D eigenvalue weighted by atomic mass is 79.9. The number of nitrogens with zero attached hydrogens (tertiary/aromatic N) is 1. The summed E-state index contributed by atoms with van der Waals surface area (Å²) in [4.78, 5) is 12.4. The molecule has 3 aromatic rings. The van der Waals surface area contributed by atoms with Crippen LogP contribution in [0.5, 0.6) is 17.2 Å². The van der Waals surface area contributed by atoms with Crippen LogP contribution in [0.15, 0.2) is 70.2 Å². The SMILES string of the molecule is CCOc1ccc(C(=O)N/N=C/c2ccc(OCc3cccc(Cl)c3)c(Br)c2)cc1OC. The van der Waals surface area contributed by atoms with Crippen molar-refractivity contribution in [1.29, 1.82) is 0 Å². The maximum absolute atomic E-state index is 12.4. The monoisotopic (exact) mass is 516 g/mol. The highest BCUT2D eigenvalue weighted by Crippen LogP contribution is 2.28. The number of ether oxygens (including phenoxy) is 3. The molecule has 8 heteroatoms. The van der Waals surface area contributed by atoms with E-state index in [1.807, 2.05) is 49.4 Å². The first-order chi connectivity index (χ1) is 15.5. The van der Waals surface area contributed by atoms with Crippen LogP contribution in [0.4, 0.5) is 0 Å². The third-order valence-corrected chi connectivity index (χ3v) is 5.20. The second-order valence-electron chi connectivity index (χ2n) is 6.61. The zero-order valence-electron chi connectivity index (χ0n) is 17.6. The molecule has 0 aliphatic heterocycles. The predicted molar refractivity (Wildman–Crippen MR) is 129 cm³/mol. The molecule has 0 heterocycles. The molecule has 1 N–H and O–H groups in total. The van der Waals surface area contributed by atoms with E-state index >= 15 is 0 Å². The molecule has 0 fully saturated rings. The van der Waals surface area contributed by atoms with Crippen LogP contribution >= 0.6 is 27.5 Å². The van der Waals surface area contributed by atoms with Gasteiger partial charge in [0.15, 0.2) is 11.5 Å². The number of nitrogens with one attached hydrogen (secondary N) is 1. The molecular formula is C24H22BrClN2O4. The maximum Gasteiger partial charge on any atom is 0.271 e. The Bertz CT molecular complexity index is 1120. The number of rotatable bonds is 9. The van der Waals surface area contributed by atoms with Crippen molar-refractivity contribution in [3.63, 3.8) is 0 Å². The molecular weight excluding hydrogens is 496 g/mol. The van der Waals surface area contributed by atoms with Crippen molar-refractivity contribution >= 4 is 39.7 Å². The van der Waals surface area contributed by atoms with Gasteiger partial charge in [0.25, 0.3) is 5.91 Å². The lowest BCUT2D eigenvalue weighted by Crippen LogP contribution is -2.17. The number of hydrogen-bond acceptors (Lipinski definition) is 5. The van der Waals surface area contributed by atoms with Crippen molar-refractivity contribution in [1.82, 2.24) is 5.43 Å². The van der Waals surface area contributed by atoms with E-state index in [9.17, 15) is 4.79 Å². The molecule has 0 aromatic heterocycles. The minimum atomic E-state index is -0.358. The number of amides is 1. The Morgan fingerprint density at radius 1 is 1.06 bits per heavy atom. The molecule has 0 atom stereocenters. The Kier molecular flexibility index (Phi) is 8.53. The first-order valence-electron chi connectivity index (χ1n) is 9.81. The molecule has 0 radical (unpaired) electrons. The highest BCUT2D eigenvalue weighted by Gasteiger charge is 2.10. The van der Waals surface area contributed by atoms with Gasteiger partial charge in [0.1, 0.15) is 12.4 Å². The van der Waals surface area contributed by atoms with E-state index < -0.39 is 0 Å². The van der Waals surface area contributed by atoms with Crippen LogP contribution < -0.4 is 19.6 Å². The lowest BCUT2D eigenvalue weighted by molar-refractivity contribution is 0.0954. The van der Waals surface area contributed by atoms with Gasteiger partial charge in [-0.3, -0.25) is 4.79 Å². The van der Waals surface area contributed by atoms with E-state index in [1.165, 1.54) is 7.11 Å². The number of hydrogen-bond donors (Lipinski definition) is 1. The zero-order valence-corrected chi connectivity index (χ0v) is 19.9. The third-order valence-electron chi connectivity index (χ3n) is 4.34. The van der Waals surface area contributed by atoms with Crippen LogP contribution in [-0.4, -0.2) is 25.8 Å². The standard InChI is InChI=1S/C24H22BrClN2O4/c1-3-31-22-10-8-18(13-23(22)30-2)24(29)28-27-14-16-7-9-21(20(25)12-16)32-15-17-5-4-6-19(26)11-17/h4-14H,3,15H2,1-2H3,(H,28,29)/b27-14+. The number of hydrazone groups is 1. The second-order valence-corrected chi connectivity index (χ2v) is 7.90. The topological polar surface area (TPSA) is 69.2 Å². The second kappa shape index (κ2) is 11.5. The summed E-state index contributed by atoms with van der Waals surface area (Å²) in [5, 5.41) is 4.70. The van der Waals surface area contributed by atoms with Gasteiger partial charge in [0.2, 0.25) is 0 Å². The fraction of sp³-hybridized carbons (Fsp3) is 0.167. The van der Waals surface area contributed by atoms with Gasteiger partial charge in [0.05, 0.1) is 24.4 Å². The van der Waals surface area contributed by atoms with Crippen molar-refractivity contribution in [3.05, 3.63) is 86.8 Å². The minimum Gasteiger partial charge on any atom is -0.493 e. The molecule has 3 aromatic carbocycles. The van der Waals surface area contributed by atoms with E-state index in [0.29, 0.717) is 41.0 Å². The highest BCUT2D eigenvalue weighted by molar-refractivity contribution is 9.10. The lowest BCUT2D eigenvalue weighted by Gasteiger charge is -2.10. The van der Waals surface area contributed by atoms with Crippen LogP contribution in [0.1, 0.15) is 28.4 Å². The van der Waals surface area contributed by atoms with E-state index in [4.69, 9.17) is 25.8 Å². The Labute approximate surface area is 200 Å². The van der Waals surface area contributed by atoms with Gasteiger partial charge in [-0.15, -0.1) is 0 Å². The summed E-state index contributed by atoms with van der Waals surface area (Å²) in [6.45, 7) is 2.78. The molecule has 0 saturated heterocycles. The largest absolute Gasteiger partial charge is 0.493 e. The summed E-state index contributed by atoms with van der Waals surface area (Å²) in [7, 11) is 1.53. The van der Waals surface area contributed by atoms with Gasteiger partial charge >= 0.3 is 0 Å². The molecule has 0 spiro atoms. The summed E-state index contributed by atoms with van der Waals surface area (Å²) in [5.74, 6) is 1.40. The molecule has 0 bridgehead atoms. The Morgan fingerprint density at radius 3 is 2.59 bits per heavy atom. The Hall–Kier alpha value is -3.03. The Morgan fingerprint density at radius 2 is 1.88 bits per heavy atom. The normalized spacial score (nSPS) is 10.8. The number of benzene rings is 3. The summed E-state index contributed by atoms with van der Waals surface area (Å²) in [6.07, 6.45) is 1.55. The van der Waals surface area contributed by atoms with Crippen LogP contribution in [0.3, 0.4) is 0 Å². The van der Waals surface area contributed by atoms with Crippen molar-refractivity contribution in [2.75, 3.05) is 13.7 Å². The van der Waals surface area contributed by atoms with E-state index in [-0.39, 0.29) is 5.91 Å². The first kappa shape index (κ1) is 23.6. The van der Waals surface area contributed by atoms with Gasteiger partial charge < -0.3 is 14.2 Å². The van der Waals surface area contributed by atoms with Crippen molar-refractivity contribution < 1.29 is 19.0 Å². The molecule has 0 saturated carbocycles. The van der Waals surface area contributed by atoms with Gasteiger partial charge in [-0.05, 0) is 82.5 Å². The van der Waals surface area contributed by atoms with Crippen molar-refractivity contribution in [3.8, 4) is 17.2 Å². The molecule has 32 heavy (non-hydrogen) atoms. The third kappa shape index (κ3) is 6.48. The quantitative estimate of drug-likeness (QED) is 0.285. The van der Waals surface area contributed by atoms with Gasteiger partial charge in [0, 0.05) is 10.6 Å². The first-order valence-corrected chi connectivity index (χ1v) is 11.0. The number of halogens is 2. The predicted octanol–water partition coefficient (Wildman–Crippen LogP) is 5.85. The fourth-order valence-electron chi connectivity index (χ4n) is 2.82. The molecule has 0 aliphatic carbocycles. The average Bonchev–Trinajstić information content (AvgIpc) is 2.79. The molecule has 1 amide bonds. The number of carbonyl (C=O) groups excluding carboxylic acids is 1. The molecule has 6 nitrogen and oxygen atoms in total. The van der Waals surface area contributed by atoms with Crippen molar-refractivity contribution in [2.45, 2.75) is 13.5 Å². The number of methoxy groups -OCH3 is 1. The number of carbonyl (C=O) groups is 1. The van der Waals surface area contributed by atoms with Gasteiger partial charge in [-0.2, -0.15) is 5.10 Å². The maximum atomic E-state index is 12.4.